The van der Waals surface area contributed by atoms with Gasteiger partial charge in [-0.05, 0) is 57.6 Å². The van der Waals surface area contributed by atoms with E-state index in [9.17, 15) is 14.7 Å². The third kappa shape index (κ3) is 5.90. The van der Waals surface area contributed by atoms with Crippen LogP contribution in [0.1, 0.15) is 60.8 Å². The van der Waals surface area contributed by atoms with Crippen LogP contribution < -0.4 is 0 Å². The lowest BCUT2D eigenvalue weighted by Crippen LogP contribution is -2.46. The second-order valence-corrected chi connectivity index (χ2v) is 8.57. The molecule has 1 unspecified atom stereocenters. The van der Waals surface area contributed by atoms with E-state index in [4.69, 9.17) is 0 Å². The van der Waals surface area contributed by atoms with E-state index in [-0.39, 0.29) is 35.2 Å². The Kier molecular flexibility index (Phi) is 6.97. The van der Waals surface area contributed by atoms with Crippen molar-refractivity contribution in [2.45, 2.75) is 66.3 Å². The average molecular weight is 335 g/mol. The molecule has 0 aliphatic heterocycles. The van der Waals surface area contributed by atoms with Gasteiger partial charge < -0.3 is 10.0 Å². The van der Waals surface area contributed by atoms with Crippen molar-refractivity contribution in [3.63, 3.8) is 0 Å². The predicted octanol–water partition coefficient (Wildman–Crippen LogP) is 3.50. The highest BCUT2D eigenvalue weighted by atomic mass is 16.3. The maximum atomic E-state index is 12.4. The molecule has 1 aliphatic carbocycles. The molecule has 0 saturated heterocycles. The van der Waals surface area contributed by atoms with Gasteiger partial charge in [0, 0.05) is 17.5 Å². The van der Waals surface area contributed by atoms with Crippen molar-refractivity contribution in [1.29, 1.82) is 0 Å². The van der Waals surface area contributed by atoms with Crippen LogP contribution in [0.25, 0.3) is 0 Å². The number of allylic oxidation sites excluding steroid dienone is 3. The molecule has 136 valence electrons. The van der Waals surface area contributed by atoms with Crippen LogP contribution in [0.2, 0.25) is 0 Å². The van der Waals surface area contributed by atoms with Crippen molar-refractivity contribution >= 4 is 11.7 Å². The first-order valence-corrected chi connectivity index (χ1v) is 8.83. The van der Waals surface area contributed by atoms with Crippen molar-refractivity contribution in [3.8, 4) is 0 Å². The van der Waals surface area contributed by atoms with Crippen LogP contribution in [0, 0.1) is 11.3 Å². The van der Waals surface area contributed by atoms with Crippen LogP contribution in [0.3, 0.4) is 0 Å². The fourth-order valence-electron chi connectivity index (χ4n) is 2.95. The molecule has 1 amide bonds. The van der Waals surface area contributed by atoms with Crippen LogP contribution in [-0.2, 0) is 9.59 Å². The molecule has 0 heterocycles. The van der Waals surface area contributed by atoms with E-state index in [2.05, 4.69) is 0 Å². The Bertz CT molecular complexity index is 518. The van der Waals surface area contributed by atoms with E-state index in [1.807, 2.05) is 53.7 Å². The number of hydrogen-bond donors (Lipinski definition) is 1. The van der Waals surface area contributed by atoms with Crippen molar-refractivity contribution in [2.75, 3.05) is 13.2 Å². The van der Waals surface area contributed by atoms with Crippen LogP contribution in [0.15, 0.2) is 23.8 Å². The first-order chi connectivity index (χ1) is 11.0. The molecule has 0 spiro atoms. The number of ketones is 1. The Labute approximate surface area is 146 Å². The van der Waals surface area contributed by atoms with Crippen molar-refractivity contribution in [2.24, 2.45) is 11.3 Å². The minimum Gasteiger partial charge on any atom is -0.395 e. The molecule has 24 heavy (non-hydrogen) atoms. The topological polar surface area (TPSA) is 57.6 Å². The zero-order valence-electron chi connectivity index (χ0n) is 16.1. The van der Waals surface area contributed by atoms with Gasteiger partial charge in [-0.25, -0.2) is 0 Å². The Balaban J connectivity index is 2.85. The standard InChI is InChI=1S/C20H33NO3/c1-19(2,3)18(24)16-9-7-8-15(14-16)10-11-17(23)21(12-13-22)20(4,5)6/h10-11,14-15,22H,7-9,12-13H2,1-6H3/b11-10-. The largest absolute Gasteiger partial charge is 0.395 e. The highest BCUT2D eigenvalue weighted by molar-refractivity contribution is 5.99. The highest BCUT2D eigenvalue weighted by Gasteiger charge is 2.27. The first kappa shape index (κ1) is 20.6. The van der Waals surface area contributed by atoms with Gasteiger partial charge in [-0.3, -0.25) is 9.59 Å². The number of β-amino-alcohol motifs (C(OH)–C–C–N with tert-alkyl or cyclic N) is 1. The van der Waals surface area contributed by atoms with Gasteiger partial charge in [-0.2, -0.15) is 0 Å². The van der Waals surface area contributed by atoms with Crippen molar-refractivity contribution in [1.82, 2.24) is 4.90 Å². The van der Waals surface area contributed by atoms with Gasteiger partial charge in [0.15, 0.2) is 5.78 Å². The second kappa shape index (κ2) is 8.11. The van der Waals surface area contributed by atoms with Gasteiger partial charge in [-0.15, -0.1) is 0 Å². The number of aliphatic hydroxyl groups is 1. The molecule has 1 aliphatic rings. The third-order valence-corrected chi connectivity index (χ3v) is 4.26. The van der Waals surface area contributed by atoms with Crippen molar-refractivity contribution < 1.29 is 14.7 Å². The summed E-state index contributed by atoms with van der Waals surface area (Å²) < 4.78 is 0. The highest BCUT2D eigenvalue weighted by Crippen LogP contribution is 2.30. The number of carbonyl (C=O) groups is 2. The lowest BCUT2D eigenvalue weighted by molar-refractivity contribution is -0.131. The molecule has 0 saturated carbocycles. The number of aliphatic hydroxyl groups excluding tert-OH is 1. The molecule has 1 atom stereocenters. The quantitative estimate of drug-likeness (QED) is 0.782. The predicted molar refractivity (Wildman–Crippen MR) is 97.6 cm³/mol. The van der Waals surface area contributed by atoms with Gasteiger partial charge in [0.25, 0.3) is 0 Å². The van der Waals surface area contributed by atoms with Crippen molar-refractivity contribution in [3.05, 3.63) is 23.8 Å². The minimum absolute atomic E-state index is 0.0512. The summed E-state index contributed by atoms with van der Waals surface area (Å²) in [7, 11) is 0. The summed E-state index contributed by atoms with van der Waals surface area (Å²) in [5.41, 5.74) is 0.191. The summed E-state index contributed by atoms with van der Waals surface area (Å²) in [5, 5.41) is 9.17. The summed E-state index contributed by atoms with van der Waals surface area (Å²) >= 11 is 0. The summed E-state index contributed by atoms with van der Waals surface area (Å²) in [5.74, 6) is 0.225. The number of carbonyl (C=O) groups excluding carboxylic acids is 2. The molecule has 0 aromatic heterocycles. The Morgan fingerprint density at radius 3 is 2.38 bits per heavy atom. The molecule has 0 bridgehead atoms. The van der Waals surface area contributed by atoms with Gasteiger partial charge in [-0.1, -0.05) is 32.9 Å². The van der Waals surface area contributed by atoms with Gasteiger partial charge in [0.2, 0.25) is 5.91 Å². The second-order valence-electron chi connectivity index (χ2n) is 8.57. The first-order valence-electron chi connectivity index (χ1n) is 8.83. The molecule has 0 aromatic rings. The molecular formula is C20H33NO3. The van der Waals surface area contributed by atoms with E-state index in [0.717, 1.165) is 24.8 Å². The van der Waals surface area contributed by atoms with E-state index in [1.54, 1.807) is 11.0 Å². The van der Waals surface area contributed by atoms with Gasteiger partial charge in [0.05, 0.1) is 6.61 Å². The summed E-state index contributed by atoms with van der Waals surface area (Å²) in [6.07, 6.45) is 8.26. The normalized spacial score (nSPS) is 19.3. The van der Waals surface area contributed by atoms with Crippen LogP contribution >= 0.6 is 0 Å². The summed E-state index contributed by atoms with van der Waals surface area (Å²) in [4.78, 5) is 26.5. The van der Waals surface area contributed by atoms with E-state index in [1.165, 1.54) is 0 Å². The molecule has 1 rings (SSSR count). The molecule has 1 N–H and O–H groups in total. The molecule has 4 heteroatoms. The zero-order chi connectivity index (χ0) is 18.5. The Hall–Kier alpha value is -1.42. The van der Waals surface area contributed by atoms with E-state index >= 15 is 0 Å². The fourth-order valence-corrected chi connectivity index (χ4v) is 2.95. The monoisotopic (exact) mass is 335 g/mol. The minimum atomic E-state index is -0.364. The SMILES string of the molecule is CC(C)(C)C(=O)C1=CC(/C=C\C(=O)N(CCO)C(C)(C)C)CCC1. The summed E-state index contributed by atoms with van der Waals surface area (Å²) in [6.45, 7) is 11.9. The zero-order valence-corrected chi connectivity index (χ0v) is 16.1. The molecular weight excluding hydrogens is 302 g/mol. The smallest absolute Gasteiger partial charge is 0.246 e. The maximum absolute atomic E-state index is 12.4. The third-order valence-electron chi connectivity index (χ3n) is 4.26. The lowest BCUT2D eigenvalue weighted by atomic mass is 9.80. The van der Waals surface area contributed by atoms with Crippen LogP contribution in [0.4, 0.5) is 0 Å². The number of rotatable bonds is 5. The number of amides is 1. The number of Topliss-reactive ketones (excluding diaryl/α,β-unsaturated/α-hetero) is 1. The number of nitrogens with zero attached hydrogens (tertiary/aromatic N) is 1. The van der Waals surface area contributed by atoms with E-state index < -0.39 is 0 Å². The lowest BCUT2D eigenvalue weighted by Gasteiger charge is -2.34. The van der Waals surface area contributed by atoms with Gasteiger partial charge in [0.1, 0.15) is 0 Å². The van der Waals surface area contributed by atoms with Crippen LogP contribution in [0.5, 0.6) is 0 Å². The number of hydrogen-bond acceptors (Lipinski definition) is 3. The molecule has 0 radical (unpaired) electrons. The fraction of sp³-hybridized carbons (Fsp3) is 0.700. The average Bonchev–Trinajstić information content (AvgIpc) is 2.47. The molecule has 0 aromatic carbocycles. The molecule has 0 fully saturated rings. The Morgan fingerprint density at radius 1 is 1.25 bits per heavy atom. The maximum Gasteiger partial charge on any atom is 0.246 e. The molecule has 4 nitrogen and oxygen atoms in total. The van der Waals surface area contributed by atoms with Crippen LogP contribution in [-0.4, -0.2) is 40.4 Å². The van der Waals surface area contributed by atoms with E-state index in [0.29, 0.717) is 6.54 Å². The Morgan fingerprint density at radius 2 is 1.88 bits per heavy atom. The van der Waals surface area contributed by atoms with Gasteiger partial charge >= 0.3 is 0 Å². The summed E-state index contributed by atoms with van der Waals surface area (Å²) in [6, 6.07) is 0.